The van der Waals surface area contributed by atoms with E-state index in [4.69, 9.17) is 16.3 Å². The molecule has 120 valence electrons. The zero-order chi connectivity index (χ0) is 15.9. The van der Waals surface area contributed by atoms with Gasteiger partial charge in [0.2, 0.25) is 5.91 Å². The lowest BCUT2D eigenvalue weighted by Gasteiger charge is -2.31. The van der Waals surface area contributed by atoms with E-state index in [0.717, 1.165) is 0 Å². The SMILES string of the molecule is COCCNC(=O)C1CCN(C(=O)c2ccc(Cl)cc2)CC1. The fourth-order valence-corrected chi connectivity index (χ4v) is 2.67. The van der Waals surface area contributed by atoms with Gasteiger partial charge in [0, 0.05) is 43.2 Å². The van der Waals surface area contributed by atoms with Crippen molar-refractivity contribution >= 4 is 23.4 Å². The fraction of sp³-hybridized carbons (Fsp3) is 0.500. The number of carbonyl (C=O) groups excluding carboxylic acids is 2. The number of nitrogens with one attached hydrogen (secondary N) is 1. The first-order valence-electron chi connectivity index (χ1n) is 7.43. The van der Waals surface area contributed by atoms with Gasteiger partial charge >= 0.3 is 0 Å². The van der Waals surface area contributed by atoms with E-state index in [1.54, 1.807) is 36.3 Å². The lowest BCUT2D eigenvalue weighted by molar-refractivity contribution is -0.126. The molecule has 2 rings (SSSR count). The smallest absolute Gasteiger partial charge is 0.253 e. The zero-order valence-corrected chi connectivity index (χ0v) is 13.4. The van der Waals surface area contributed by atoms with Crippen molar-refractivity contribution in [2.45, 2.75) is 12.8 Å². The summed E-state index contributed by atoms with van der Waals surface area (Å²) in [5, 5.41) is 3.47. The Morgan fingerprint density at radius 3 is 2.50 bits per heavy atom. The van der Waals surface area contributed by atoms with Crippen LogP contribution in [0.4, 0.5) is 0 Å². The van der Waals surface area contributed by atoms with Crippen LogP contribution < -0.4 is 5.32 Å². The molecule has 1 aromatic rings. The first kappa shape index (κ1) is 16.8. The minimum atomic E-state index is -0.0221. The largest absolute Gasteiger partial charge is 0.383 e. The molecular formula is C16H21ClN2O3. The highest BCUT2D eigenvalue weighted by atomic mass is 35.5. The van der Waals surface area contributed by atoms with Gasteiger partial charge in [-0.15, -0.1) is 0 Å². The van der Waals surface area contributed by atoms with Gasteiger partial charge in [-0.05, 0) is 37.1 Å². The van der Waals surface area contributed by atoms with E-state index in [-0.39, 0.29) is 17.7 Å². The van der Waals surface area contributed by atoms with Crippen molar-refractivity contribution in [2.75, 3.05) is 33.4 Å². The van der Waals surface area contributed by atoms with Crippen LogP contribution in [0.5, 0.6) is 0 Å². The third kappa shape index (κ3) is 4.45. The summed E-state index contributed by atoms with van der Waals surface area (Å²) in [6.07, 6.45) is 1.39. The maximum absolute atomic E-state index is 12.4. The van der Waals surface area contributed by atoms with E-state index >= 15 is 0 Å². The normalized spacial score (nSPS) is 15.6. The summed E-state index contributed by atoms with van der Waals surface area (Å²) < 4.78 is 4.91. The molecule has 1 aliphatic heterocycles. The summed E-state index contributed by atoms with van der Waals surface area (Å²) in [7, 11) is 1.60. The van der Waals surface area contributed by atoms with Gasteiger partial charge in [0.1, 0.15) is 0 Å². The van der Waals surface area contributed by atoms with Crippen LogP contribution in [0.1, 0.15) is 23.2 Å². The summed E-state index contributed by atoms with van der Waals surface area (Å²) in [4.78, 5) is 26.1. The molecule has 0 radical (unpaired) electrons. The van der Waals surface area contributed by atoms with Crippen LogP contribution in [0.2, 0.25) is 5.02 Å². The lowest BCUT2D eigenvalue weighted by Crippen LogP contribution is -2.43. The first-order valence-corrected chi connectivity index (χ1v) is 7.81. The molecule has 1 N–H and O–H groups in total. The molecule has 2 amide bonds. The molecule has 0 unspecified atom stereocenters. The number of hydrogen-bond donors (Lipinski definition) is 1. The zero-order valence-electron chi connectivity index (χ0n) is 12.7. The van der Waals surface area contributed by atoms with Crippen LogP contribution in [0.15, 0.2) is 24.3 Å². The standard InChI is InChI=1S/C16H21ClN2O3/c1-22-11-8-18-15(20)12-6-9-19(10-7-12)16(21)13-2-4-14(17)5-3-13/h2-5,12H,6-11H2,1H3,(H,18,20). The van der Waals surface area contributed by atoms with Crippen molar-refractivity contribution in [1.82, 2.24) is 10.2 Å². The maximum Gasteiger partial charge on any atom is 0.253 e. The van der Waals surface area contributed by atoms with Crippen LogP contribution in [0.3, 0.4) is 0 Å². The summed E-state index contributed by atoms with van der Waals surface area (Å²) in [5.41, 5.74) is 0.632. The number of rotatable bonds is 5. The van der Waals surface area contributed by atoms with E-state index in [0.29, 0.717) is 49.7 Å². The molecule has 0 saturated carbocycles. The molecule has 0 atom stereocenters. The maximum atomic E-state index is 12.4. The van der Waals surface area contributed by atoms with Crippen molar-refractivity contribution in [2.24, 2.45) is 5.92 Å². The molecular weight excluding hydrogens is 304 g/mol. The van der Waals surface area contributed by atoms with Gasteiger partial charge in [-0.2, -0.15) is 0 Å². The summed E-state index contributed by atoms with van der Waals surface area (Å²) in [6.45, 7) is 2.24. The molecule has 1 heterocycles. The monoisotopic (exact) mass is 324 g/mol. The number of ether oxygens (including phenoxy) is 1. The van der Waals surface area contributed by atoms with Gasteiger partial charge < -0.3 is 15.0 Å². The lowest BCUT2D eigenvalue weighted by atomic mass is 9.95. The third-order valence-electron chi connectivity index (χ3n) is 3.85. The predicted octanol–water partition coefficient (Wildman–Crippen LogP) is 1.95. The van der Waals surface area contributed by atoms with Crippen LogP contribution in [-0.4, -0.2) is 50.1 Å². The van der Waals surface area contributed by atoms with Gasteiger partial charge in [-0.3, -0.25) is 9.59 Å². The number of piperidine rings is 1. The molecule has 0 bridgehead atoms. The molecule has 5 nitrogen and oxygen atoms in total. The molecule has 1 aliphatic rings. The molecule has 22 heavy (non-hydrogen) atoms. The number of carbonyl (C=O) groups is 2. The van der Waals surface area contributed by atoms with Crippen LogP contribution in [0.25, 0.3) is 0 Å². The van der Waals surface area contributed by atoms with E-state index < -0.39 is 0 Å². The Kier molecular flexibility index (Phi) is 6.21. The van der Waals surface area contributed by atoms with Crippen LogP contribution in [-0.2, 0) is 9.53 Å². The Morgan fingerprint density at radius 2 is 1.91 bits per heavy atom. The molecule has 0 aromatic heterocycles. The second kappa shape index (κ2) is 8.15. The van der Waals surface area contributed by atoms with Gasteiger partial charge in [0.15, 0.2) is 0 Å². The topological polar surface area (TPSA) is 58.6 Å². The van der Waals surface area contributed by atoms with Crippen molar-refractivity contribution in [3.05, 3.63) is 34.9 Å². The summed E-state index contributed by atoms with van der Waals surface area (Å²) >= 11 is 5.83. The Morgan fingerprint density at radius 1 is 1.27 bits per heavy atom. The molecule has 0 aliphatic carbocycles. The molecule has 1 saturated heterocycles. The number of benzene rings is 1. The molecule has 6 heteroatoms. The molecule has 1 fully saturated rings. The van der Waals surface area contributed by atoms with Crippen molar-refractivity contribution in [3.63, 3.8) is 0 Å². The van der Waals surface area contributed by atoms with E-state index in [2.05, 4.69) is 5.32 Å². The van der Waals surface area contributed by atoms with Crippen molar-refractivity contribution in [1.29, 1.82) is 0 Å². The Hall–Kier alpha value is -1.59. The second-order valence-corrected chi connectivity index (χ2v) is 5.79. The number of likely N-dealkylation sites (tertiary alicyclic amines) is 1. The average molecular weight is 325 g/mol. The summed E-state index contributed by atoms with van der Waals surface area (Å²) in [6, 6.07) is 6.89. The Balaban J connectivity index is 1.82. The molecule has 0 spiro atoms. The Labute approximate surface area is 135 Å². The van der Waals surface area contributed by atoms with Gasteiger partial charge in [0.05, 0.1) is 6.61 Å². The van der Waals surface area contributed by atoms with E-state index in [9.17, 15) is 9.59 Å². The highest BCUT2D eigenvalue weighted by molar-refractivity contribution is 6.30. The van der Waals surface area contributed by atoms with E-state index in [1.807, 2.05) is 0 Å². The highest BCUT2D eigenvalue weighted by Gasteiger charge is 2.27. The first-order chi connectivity index (χ1) is 10.6. The minimum Gasteiger partial charge on any atom is -0.383 e. The van der Waals surface area contributed by atoms with Gasteiger partial charge in [-0.25, -0.2) is 0 Å². The van der Waals surface area contributed by atoms with Crippen LogP contribution in [0, 0.1) is 5.92 Å². The quantitative estimate of drug-likeness (QED) is 0.842. The van der Waals surface area contributed by atoms with Gasteiger partial charge in [-0.1, -0.05) is 11.6 Å². The number of methoxy groups -OCH3 is 1. The van der Waals surface area contributed by atoms with Crippen molar-refractivity contribution < 1.29 is 14.3 Å². The number of halogens is 1. The fourth-order valence-electron chi connectivity index (χ4n) is 2.54. The van der Waals surface area contributed by atoms with Crippen molar-refractivity contribution in [3.8, 4) is 0 Å². The highest BCUT2D eigenvalue weighted by Crippen LogP contribution is 2.20. The second-order valence-electron chi connectivity index (χ2n) is 5.36. The molecule has 1 aromatic carbocycles. The van der Waals surface area contributed by atoms with E-state index in [1.165, 1.54) is 0 Å². The predicted molar refractivity (Wildman–Crippen MR) is 85.0 cm³/mol. The summed E-state index contributed by atoms with van der Waals surface area (Å²) in [5.74, 6) is 0.0247. The minimum absolute atomic E-state index is 0.00471. The van der Waals surface area contributed by atoms with Crippen LogP contribution >= 0.6 is 11.6 Å². The number of nitrogens with zero attached hydrogens (tertiary/aromatic N) is 1. The number of hydrogen-bond acceptors (Lipinski definition) is 3. The average Bonchev–Trinajstić information content (AvgIpc) is 2.55. The Bertz CT molecular complexity index is 511. The third-order valence-corrected chi connectivity index (χ3v) is 4.10. The van der Waals surface area contributed by atoms with Gasteiger partial charge in [0.25, 0.3) is 5.91 Å². The number of amides is 2.